The van der Waals surface area contributed by atoms with Gasteiger partial charge in [0.25, 0.3) is 17.5 Å². The Kier molecular flexibility index (Phi) is 3.64. The summed E-state index contributed by atoms with van der Waals surface area (Å²) in [6.45, 7) is -0.574. The Labute approximate surface area is 134 Å². The molecule has 2 aromatic carbocycles. The highest BCUT2D eigenvalue weighted by Gasteiger charge is 2.41. The Morgan fingerprint density at radius 3 is 2.38 bits per heavy atom. The monoisotopic (exact) mass is 328 g/mol. The lowest BCUT2D eigenvalue weighted by molar-refractivity contribution is -0.385. The van der Waals surface area contributed by atoms with Gasteiger partial charge in [-0.25, -0.2) is 4.39 Å². The molecule has 0 atom stereocenters. The van der Waals surface area contributed by atoms with Gasteiger partial charge in [-0.1, -0.05) is 6.07 Å². The van der Waals surface area contributed by atoms with E-state index in [4.69, 9.17) is 0 Å². The van der Waals surface area contributed by atoms with Crippen molar-refractivity contribution in [1.82, 2.24) is 4.90 Å². The third-order valence-electron chi connectivity index (χ3n) is 3.64. The van der Waals surface area contributed by atoms with Crippen molar-refractivity contribution >= 4 is 23.3 Å². The molecular formula is C16H9FN2O5. The van der Waals surface area contributed by atoms with Crippen LogP contribution in [0.25, 0.3) is 0 Å². The number of hydrogen-bond donors (Lipinski definition) is 0. The number of benzene rings is 2. The molecule has 24 heavy (non-hydrogen) atoms. The number of nitro benzene ring substituents is 1. The van der Waals surface area contributed by atoms with Crippen LogP contribution in [0.5, 0.6) is 0 Å². The van der Waals surface area contributed by atoms with Crippen molar-refractivity contribution in [2.75, 3.05) is 6.54 Å². The van der Waals surface area contributed by atoms with E-state index in [2.05, 4.69) is 0 Å². The molecule has 1 heterocycles. The number of imide groups is 1. The van der Waals surface area contributed by atoms with Crippen molar-refractivity contribution in [3.05, 3.63) is 75.1 Å². The molecule has 7 nitrogen and oxygen atoms in total. The van der Waals surface area contributed by atoms with E-state index in [1.165, 1.54) is 24.3 Å². The lowest BCUT2D eigenvalue weighted by Crippen LogP contribution is -2.35. The Morgan fingerprint density at radius 2 is 1.75 bits per heavy atom. The Morgan fingerprint density at radius 1 is 1.08 bits per heavy atom. The summed E-state index contributed by atoms with van der Waals surface area (Å²) in [5, 5.41) is 11.0. The molecule has 2 amide bonds. The van der Waals surface area contributed by atoms with Gasteiger partial charge in [0, 0.05) is 11.6 Å². The van der Waals surface area contributed by atoms with Crippen LogP contribution in [0, 0.1) is 15.9 Å². The standard InChI is InChI=1S/C16H9FN2O5/c17-10-6-4-9(5-7-10)13(20)8-18-15(21)11-2-1-3-12(19(23)24)14(11)16(18)22/h1-7H,8H2. The highest BCUT2D eigenvalue weighted by atomic mass is 19.1. The molecule has 0 spiro atoms. The molecule has 0 saturated heterocycles. The molecule has 2 aromatic rings. The molecule has 120 valence electrons. The highest BCUT2D eigenvalue weighted by molar-refractivity contribution is 6.24. The van der Waals surface area contributed by atoms with Gasteiger partial charge in [0.1, 0.15) is 11.4 Å². The maximum atomic E-state index is 12.9. The van der Waals surface area contributed by atoms with Crippen molar-refractivity contribution < 1.29 is 23.7 Å². The quantitative estimate of drug-likeness (QED) is 0.371. The molecule has 1 aliphatic rings. The molecule has 3 rings (SSSR count). The van der Waals surface area contributed by atoms with Crippen molar-refractivity contribution in [3.63, 3.8) is 0 Å². The number of rotatable bonds is 4. The molecule has 0 radical (unpaired) electrons. The molecule has 0 unspecified atom stereocenters. The van der Waals surface area contributed by atoms with Crippen molar-refractivity contribution in [2.24, 2.45) is 0 Å². The van der Waals surface area contributed by atoms with Crippen LogP contribution in [0.1, 0.15) is 31.1 Å². The number of fused-ring (bicyclic) bond motifs is 1. The summed E-state index contributed by atoms with van der Waals surface area (Å²) in [4.78, 5) is 47.7. The van der Waals surface area contributed by atoms with Gasteiger partial charge in [-0.05, 0) is 30.3 Å². The van der Waals surface area contributed by atoms with Crippen LogP contribution < -0.4 is 0 Å². The van der Waals surface area contributed by atoms with Crippen LogP contribution in [0.3, 0.4) is 0 Å². The van der Waals surface area contributed by atoms with E-state index in [-0.39, 0.29) is 16.7 Å². The van der Waals surface area contributed by atoms with E-state index < -0.39 is 40.6 Å². The number of nitro groups is 1. The number of Topliss-reactive ketones (excluding diaryl/α,β-unsaturated/α-hetero) is 1. The summed E-state index contributed by atoms with van der Waals surface area (Å²) in [5.41, 5.74) is -0.787. The SMILES string of the molecule is O=C(CN1C(=O)c2cccc([N+](=O)[O-])c2C1=O)c1ccc(F)cc1. The fraction of sp³-hybridized carbons (Fsp3) is 0.0625. The minimum absolute atomic E-state index is 0.110. The average molecular weight is 328 g/mol. The number of amides is 2. The molecule has 0 aromatic heterocycles. The molecule has 0 N–H and O–H groups in total. The lowest BCUT2D eigenvalue weighted by atomic mass is 10.1. The topological polar surface area (TPSA) is 97.6 Å². The first-order valence-electron chi connectivity index (χ1n) is 6.82. The third-order valence-corrected chi connectivity index (χ3v) is 3.64. The van der Waals surface area contributed by atoms with Gasteiger partial charge in [-0.15, -0.1) is 0 Å². The van der Waals surface area contributed by atoms with Crippen LogP contribution in [0.4, 0.5) is 10.1 Å². The summed E-state index contributed by atoms with van der Waals surface area (Å²) < 4.78 is 12.9. The second-order valence-electron chi connectivity index (χ2n) is 5.08. The zero-order chi connectivity index (χ0) is 17.4. The first-order valence-corrected chi connectivity index (χ1v) is 6.82. The first-order chi connectivity index (χ1) is 11.4. The van der Waals surface area contributed by atoms with Crippen LogP contribution in [-0.4, -0.2) is 34.0 Å². The number of halogens is 1. The lowest BCUT2D eigenvalue weighted by Gasteiger charge is -2.12. The van der Waals surface area contributed by atoms with Crippen molar-refractivity contribution in [2.45, 2.75) is 0 Å². The van der Waals surface area contributed by atoms with E-state index in [0.717, 1.165) is 18.2 Å². The van der Waals surface area contributed by atoms with E-state index in [1.807, 2.05) is 0 Å². The zero-order valence-electron chi connectivity index (χ0n) is 12.1. The van der Waals surface area contributed by atoms with Gasteiger partial charge >= 0.3 is 0 Å². The minimum atomic E-state index is -0.891. The molecular weight excluding hydrogens is 319 g/mol. The van der Waals surface area contributed by atoms with Crippen molar-refractivity contribution in [3.8, 4) is 0 Å². The van der Waals surface area contributed by atoms with Crippen LogP contribution >= 0.6 is 0 Å². The van der Waals surface area contributed by atoms with Gasteiger partial charge in [0.2, 0.25) is 0 Å². The second-order valence-corrected chi connectivity index (χ2v) is 5.08. The van der Waals surface area contributed by atoms with Gasteiger partial charge in [-0.2, -0.15) is 0 Å². The predicted molar refractivity (Wildman–Crippen MR) is 79.2 cm³/mol. The van der Waals surface area contributed by atoms with E-state index in [0.29, 0.717) is 4.90 Å². The summed E-state index contributed by atoms with van der Waals surface area (Å²) >= 11 is 0. The smallest absolute Gasteiger partial charge is 0.282 e. The maximum absolute atomic E-state index is 12.9. The Hall–Kier alpha value is -3.42. The predicted octanol–water partition coefficient (Wildman–Crippen LogP) is 2.21. The summed E-state index contributed by atoms with van der Waals surface area (Å²) in [7, 11) is 0. The van der Waals surface area contributed by atoms with Gasteiger partial charge < -0.3 is 0 Å². The maximum Gasteiger partial charge on any atom is 0.282 e. The summed E-state index contributed by atoms with van der Waals surface area (Å²) in [6, 6.07) is 8.35. The van der Waals surface area contributed by atoms with E-state index in [9.17, 15) is 28.9 Å². The highest BCUT2D eigenvalue weighted by Crippen LogP contribution is 2.30. The molecule has 0 aliphatic carbocycles. The molecule has 0 bridgehead atoms. The first kappa shape index (κ1) is 15.5. The molecule has 8 heteroatoms. The Balaban J connectivity index is 1.91. The zero-order valence-corrected chi connectivity index (χ0v) is 12.1. The average Bonchev–Trinajstić information content (AvgIpc) is 2.80. The van der Waals surface area contributed by atoms with Gasteiger partial charge in [0.05, 0.1) is 17.0 Å². The minimum Gasteiger partial charge on any atom is -0.292 e. The van der Waals surface area contributed by atoms with Gasteiger partial charge in [-0.3, -0.25) is 29.4 Å². The van der Waals surface area contributed by atoms with Gasteiger partial charge in [0.15, 0.2) is 5.78 Å². The molecule has 0 saturated carbocycles. The van der Waals surface area contributed by atoms with Crippen LogP contribution in [-0.2, 0) is 0 Å². The van der Waals surface area contributed by atoms with Crippen molar-refractivity contribution in [1.29, 1.82) is 0 Å². The Bertz CT molecular complexity index is 892. The molecule has 1 aliphatic heterocycles. The second kappa shape index (κ2) is 5.65. The number of hydrogen-bond acceptors (Lipinski definition) is 5. The summed E-state index contributed by atoms with van der Waals surface area (Å²) in [6.07, 6.45) is 0. The fourth-order valence-corrected chi connectivity index (χ4v) is 2.48. The number of ketones is 1. The summed E-state index contributed by atoms with van der Waals surface area (Å²) in [5.74, 6) is -2.76. The number of nitrogens with zero attached hydrogens (tertiary/aromatic N) is 2. The normalized spacial score (nSPS) is 13.1. The van der Waals surface area contributed by atoms with E-state index >= 15 is 0 Å². The van der Waals surface area contributed by atoms with Crippen LogP contribution in [0.15, 0.2) is 42.5 Å². The number of carbonyl (C=O) groups is 3. The van der Waals surface area contributed by atoms with E-state index in [1.54, 1.807) is 0 Å². The fourth-order valence-electron chi connectivity index (χ4n) is 2.48. The third kappa shape index (κ3) is 2.43. The largest absolute Gasteiger partial charge is 0.292 e. The van der Waals surface area contributed by atoms with Crippen LogP contribution in [0.2, 0.25) is 0 Å². The number of carbonyl (C=O) groups excluding carboxylic acids is 3. The molecule has 0 fully saturated rings.